The van der Waals surface area contributed by atoms with E-state index in [4.69, 9.17) is 6.42 Å². The summed E-state index contributed by atoms with van der Waals surface area (Å²) in [6.45, 7) is 0.116. The maximum absolute atomic E-state index is 9.34. The van der Waals surface area contributed by atoms with E-state index in [9.17, 15) is 4.57 Å². The van der Waals surface area contributed by atoms with Crippen LogP contribution < -0.4 is 0 Å². The molecule has 0 aromatic rings. The van der Waals surface area contributed by atoms with Gasteiger partial charge in [0.2, 0.25) is 0 Å². The van der Waals surface area contributed by atoms with Gasteiger partial charge < -0.3 is 0 Å². The van der Waals surface area contributed by atoms with Crippen LogP contribution in [0.15, 0.2) is 0 Å². The highest BCUT2D eigenvalue weighted by molar-refractivity contribution is 7.17. The zero-order valence-electron chi connectivity index (χ0n) is 3.05. The van der Waals surface area contributed by atoms with Gasteiger partial charge in [0, 0.05) is 0 Å². The second-order valence-corrected chi connectivity index (χ2v) is 0.959. The average Bonchev–Trinajstić information content (AvgIpc) is 1.61. The Bertz CT molecular complexity index is 73.4. The van der Waals surface area contributed by atoms with E-state index in [1.165, 1.54) is 0 Å². The zero-order valence-corrected chi connectivity index (χ0v) is 3.94. The molecule has 32 valence electrons. The van der Waals surface area contributed by atoms with Crippen LogP contribution in [0.25, 0.3) is 0 Å². The molecule has 0 aromatic heterocycles. The molecule has 0 saturated heterocycles. The number of hydrogen-bond acceptors (Lipinski definition) is 2. The van der Waals surface area contributed by atoms with Gasteiger partial charge in [0.05, 0.1) is 0 Å². The Morgan fingerprint density at radius 1 is 2.00 bits per heavy atom. The predicted molar refractivity (Wildman–Crippen MR) is 22.4 cm³/mol. The van der Waals surface area contributed by atoms with Crippen molar-refractivity contribution in [1.29, 1.82) is 0 Å². The Morgan fingerprint density at radius 3 is 2.83 bits per heavy atom. The van der Waals surface area contributed by atoms with Crippen molar-refractivity contribution in [2.45, 2.75) is 0 Å². The van der Waals surface area contributed by atoms with Crippen molar-refractivity contribution in [2.24, 2.45) is 0 Å². The minimum absolute atomic E-state index is 0.116. The molecule has 0 saturated carbocycles. The summed E-state index contributed by atoms with van der Waals surface area (Å²) in [5.74, 6) is 2.14. The molecule has 0 aliphatic rings. The monoisotopic (exact) mass is 102 g/mol. The topological polar surface area (TPSA) is 26.3 Å². The normalized spacial score (nSPS) is 7.83. The molecule has 0 rings (SSSR count). The maximum atomic E-state index is 9.34. The molecule has 0 radical (unpaired) electrons. The molecule has 0 heterocycles. The third-order valence-corrected chi connectivity index (χ3v) is 0.435. The lowest BCUT2D eigenvalue weighted by molar-refractivity contribution is 0.394. The van der Waals surface area contributed by atoms with E-state index in [2.05, 4.69) is 10.4 Å². The molecule has 0 aliphatic heterocycles. The van der Waals surface area contributed by atoms with Crippen LogP contribution in [0, 0.1) is 12.3 Å². The van der Waals surface area contributed by atoms with E-state index >= 15 is 0 Å². The molecule has 0 N–H and O–H groups in total. The van der Waals surface area contributed by atoms with Gasteiger partial charge >= 0.3 is 8.69 Å². The summed E-state index contributed by atoms with van der Waals surface area (Å²) in [6.07, 6.45) is 4.70. The molecule has 0 spiro atoms. The maximum Gasteiger partial charge on any atom is 0.328 e. The van der Waals surface area contributed by atoms with Gasteiger partial charge in [-0.25, -0.2) is 4.57 Å². The third-order valence-electron chi connectivity index (χ3n) is 0.201. The first kappa shape index (κ1) is 5.62. The summed E-state index contributed by atoms with van der Waals surface area (Å²) < 4.78 is 13.5. The fraction of sp³-hybridized carbons (Fsp3) is 0.333. The number of rotatable bonds is 2. The standard InChI is InChI=1S/C3H3O2P/c1-2-3-5-6-4/h1H,3H2. The highest BCUT2D eigenvalue weighted by atomic mass is 31.1. The molecule has 6 heavy (non-hydrogen) atoms. The van der Waals surface area contributed by atoms with Gasteiger partial charge in [0.15, 0.2) is 0 Å². The van der Waals surface area contributed by atoms with E-state index in [1.807, 2.05) is 0 Å². The minimum atomic E-state index is -0.347. The van der Waals surface area contributed by atoms with Crippen molar-refractivity contribution in [3.8, 4) is 12.3 Å². The number of hydrogen-bond donors (Lipinski definition) is 0. The van der Waals surface area contributed by atoms with E-state index in [0.29, 0.717) is 0 Å². The highest BCUT2D eigenvalue weighted by Gasteiger charge is 1.69. The molecule has 2 nitrogen and oxygen atoms in total. The van der Waals surface area contributed by atoms with E-state index < -0.39 is 0 Å². The average molecular weight is 102 g/mol. The third kappa shape index (κ3) is 3.62. The Balaban J connectivity index is 2.72. The molecule has 0 bridgehead atoms. The zero-order chi connectivity index (χ0) is 4.83. The SMILES string of the molecule is C#CCOP=O. The lowest BCUT2D eigenvalue weighted by Gasteiger charge is -1.73. The highest BCUT2D eigenvalue weighted by Crippen LogP contribution is 1.89. The van der Waals surface area contributed by atoms with Gasteiger partial charge in [-0.2, -0.15) is 0 Å². The van der Waals surface area contributed by atoms with Gasteiger partial charge in [0.25, 0.3) is 0 Å². The lowest BCUT2D eigenvalue weighted by Crippen LogP contribution is -1.70. The Morgan fingerprint density at radius 2 is 2.67 bits per heavy atom. The summed E-state index contributed by atoms with van der Waals surface area (Å²) in [6, 6.07) is 0. The van der Waals surface area contributed by atoms with Crippen molar-refractivity contribution in [2.75, 3.05) is 6.61 Å². The van der Waals surface area contributed by atoms with Gasteiger partial charge in [-0.3, -0.25) is 4.52 Å². The summed E-state index contributed by atoms with van der Waals surface area (Å²) in [7, 11) is -0.347. The number of terminal acetylenes is 1. The quantitative estimate of drug-likeness (QED) is 0.293. The molecule has 0 amide bonds. The van der Waals surface area contributed by atoms with Crippen LogP contribution in [0.5, 0.6) is 0 Å². The van der Waals surface area contributed by atoms with E-state index in [-0.39, 0.29) is 15.3 Å². The Kier molecular flexibility index (Phi) is 4.33. The summed E-state index contributed by atoms with van der Waals surface area (Å²) in [5, 5.41) is 0. The van der Waals surface area contributed by atoms with Gasteiger partial charge in [-0.15, -0.1) is 6.42 Å². The molecule has 0 atom stereocenters. The second kappa shape index (κ2) is 4.62. The Labute approximate surface area is 37.8 Å². The fourth-order valence-corrected chi connectivity index (χ4v) is 0.191. The molecular weight excluding hydrogens is 99.0 g/mol. The summed E-state index contributed by atoms with van der Waals surface area (Å²) >= 11 is 0. The van der Waals surface area contributed by atoms with Crippen LogP contribution in [0.1, 0.15) is 0 Å². The van der Waals surface area contributed by atoms with Gasteiger partial charge in [-0.1, -0.05) is 5.92 Å². The van der Waals surface area contributed by atoms with Crippen LogP contribution in [0.4, 0.5) is 0 Å². The Hall–Kier alpha value is -0.380. The largest absolute Gasteiger partial charge is 0.328 e. The first-order valence-electron chi connectivity index (χ1n) is 1.30. The summed E-state index contributed by atoms with van der Waals surface area (Å²) in [4.78, 5) is 0. The van der Waals surface area contributed by atoms with Crippen LogP contribution in [-0.2, 0) is 9.09 Å². The molecular formula is C3H3O2P. The molecule has 0 unspecified atom stereocenters. The lowest BCUT2D eigenvalue weighted by atomic mass is 10.8. The minimum Gasteiger partial charge on any atom is -0.281 e. The van der Waals surface area contributed by atoms with Crippen molar-refractivity contribution in [1.82, 2.24) is 0 Å². The van der Waals surface area contributed by atoms with Crippen molar-refractivity contribution in [3.05, 3.63) is 0 Å². The van der Waals surface area contributed by atoms with E-state index in [0.717, 1.165) is 0 Å². The van der Waals surface area contributed by atoms with Crippen LogP contribution in [0.2, 0.25) is 0 Å². The second-order valence-electron chi connectivity index (χ2n) is 0.552. The van der Waals surface area contributed by atoms with Crippen LogP contribution >= 0.6 is 8.69 Å². The fourth-order valence-electron chi connectivity index (χ4n) is 0.0636. The van der Waals surface area contributed by atoms with Crippen molar-refractivity contribution >= 4 is 8.69 Å². The molecule has 0 fully saturated rings. The van der Waals surface area contributed by atoms with E-state index in [1.54, 1.807) is 0 Å². The van der Waals surface area contributed by atoms with Crippen LogP contribution in [0.3, 0.4) is 0 Å². The van der Waals surface area contributed by atoms with Crippen molar-refractivity contribution < 1.29 is 9.09 Å². The smallest absolute Gasteiger partial charge is 0.281 e. The molecule has 0 aromatic carbocycles. The van der Waals surface area contributed by atoms with Gasteiger partial charge in [-0.05, 0) is 0 Å². The summed E-state index contributed by atoms with van der Waals surface area (Å²) in [5.41, 5.74) is 0. The molecule has 3 heteroatoms. The van der Waals surface area contributed by atoms with Crippen LogP contribution in [-0.4, -0.2) is 6.61 Å². The van der Waals surface area contributed by atoms with Crippen molar-refractivity contribution in [3.63, 3.8) is 0 Å². The first-order chi connectivity index (χ1) is 2.91. The molecule has 0 aliphatic carbocycles. The predicted octanol–water partition coefficient (Wildman–Crippen LogP) is 0.843. The van der Waals surface area contributed by atoms with Gasteiger partial charge in [0.1, 0.15) is 6.61 Å². The first-order valence-corrected chi connectivity index (χ1v) is 2.03.